The zero-order valence-corrected chi connectivity index (χ0v) is 54.6. The second-order valence-corrected chi connectivity index (χ2v) is 31.6. The van der Waals surface area contributed by atoms with E-state index in [0.717, 1.165) is 24.3 Å². The lowest BCUT2D eigenvalue weighted by atomic mass is 9.75. The van der Waals surface area contributed by atoms with Crippen molar-refractivity contribution in [3.63, 3.8) is 0 Å². The monoisotopic (exact) mass is 1430 g/mol. The highest BCUT2D eigenvalue weighted by Crippen LogP contribution is 2.56. The summed E-state index contributed by atoms with van der Waals surface area (Å²) in [7, 11) is -20.8. The molecule has 8 bridgehead atoms. The van der Waals surface area contributed by atoms with Crippen LogP contribution >= 0.6 is 0 Å². The van der Waals surface area contributed by atoms with Crippen LogP contribution in [-0.4, -0.2) is 230 Å². The molecule has 4 aromatic carbocycles. The second-order valence-electron chi connectivity index (χ2n) is 25.3. The molecule has 32 nitrogen and oxygen atoms in total. The number of carbonyl (C=O) groups is 4. The highest BCUT2D eigenvalue weighted by molar-refractivity contribution is 7.86. The van der Waals surface area contributed by atoms with Gasteiger partial charge in [0.15, 0.2) is 0 Å². The van der Waals surface area contributed by atoms with Gasteiger partial charge in [-0.25, -0.2) is 0 Å². The molecule has 0 unspecified atom stereocenters. The molecule has 4 saturated heterocycles. The number of hydrogen-bond acceptors (Lipinski definition) is 24. The van der Waals surface area contributed by atoms with Gasteiger partial charge in [0.1, 0.15) is 70.2 Å². The summed E-state index contributed by atoms with van der Waals surface area (Å²) in [5.74, 6) is -26.9. The van der Waals surface area contributed by atoms with E-state index in [4.69, 9.17) is 0 Å². The van der Waals surface area contributed by atoms with Crippen LogP contribution in [0.3, 0.4) is 0 Å². The Labute approximate surface area is 550 Å². The van der Waals surface area contributed by atoms with Crippen LogP contribution in [-0.2, 0) is 85.8 Å². The molecular formula is C60H76N4O28S4. The van der Waals surface area contributed by atoms with E-state index in [9.17, 15) is 132 Å². The Hall–Kier alpha value is -7.36. The van der Waals surface area contributed by atoms with Crippen molar-refractivity contribution in [2.24, 2.45) is 0 Å². The van der Waals surface area contributed by atoms with Gasteiger partial charge in [0.2, 0.25) is 0 Å². The molecule has 4 atom stereocenters. The van der Waals surface area contributed by atoms with Crippen molar-refractivity contribution in [1.82, 2.24) is 19.6 Å². The van der Waals surface area contributed by atoms with Crippen molar-refractivity contribution in [1.29, 1.82) is 0 Å². The summed E-state index contributed by atoms with van der Waals surface area (Å²) in [6, 6.07) is -1.64. The number of likely N-dealkylation sites (tertiary alicyclic amines) is 4. The molecule has 0 saturated carbocycles. The fourth-order valence-electron chi connectivity index (χ4n) is 14.8. The molecule has 1 aliphatic carbocycles. The van der Waals surface area contributed by atoms with Gasteiger partial charge in [-0.2, -0.15) is 33.7 Å². The molecule has 16 N–H and O–H groups in total. The molecule has 0 amide bonds. The van der Waals surface area contributed by atoms with Gasteiger partial charge < -0.3 is 61.3 Å². The second kappa shape index (κ2) is 28.2. The van der Waals surface area contributed by atoms with Crippen LogP contribution in [0.5, 0.6) is 46.0 Å². The maximum Gasteiger partial charge on any atom is 0.320 e. The summed E-state index contributed by atoms with van der Waals surface area (Å²) < 4.78 is 147. The largest absolute Gasteiger partial charge is 0.507 e. The van der Waals surface area contributed by atoms with Gasteiger partial charge >= 0.3 is 23.9 Å². The minimum absolute atomic E-state index is 0.00398. The summed E-state index contributed by atoms with van der Waals surface area (Å²) >= 11 is 0. The molecular weight excluding hydrogens is 1350 g/mol. The molecule has 0 spiro atoms. The van der Waals surface area contributed by atoms with Crippen molar-refractivity contribution in [3.8, 4) is 46.0 Å². The number of aromatic hydroxyl groups is 8. The molecule has 0 aromatic heterocycles. The average molecular weight is 1430 g/mol. The van der Waals surface area contributed by atoms with Gasteiger partial charge in [0, 0.05) is 94.4 Å². The lowest BCUT2D eigenvalue weighted by Crippen LogP contribution is -2.35. The number of carboxylic acids is 4. The molecule has 4 fully saturated rings. The Kier molecular flexibility index (Phi) is 21.4. The van der Waals surface area contributed by atoms with Crippen molar-refractivity contribution in [3.05, 3.63) is 91.0 Å². The smallest absolute Gasteiger partial charge is 0.320 e. The maximum absolute atomic E-state index is 13.1. The third-order valence-electron chi connectivity index (χ3n) is 19.4. The van der Waals surface area contributed by atoms with Crippen molar-refractivity contribution < 1.29 is 132 Å². The molecule has 36 heteroatoms. The first-order valence-corrected chi connectivity index (χ1v) is 37.2. The first-order chi connectivity index (χ1) is 44.7. The van der Waals surface area contributed by atoms with Crippen LogP contribution < -0.4 is 0 Å². The molecule has 96 heavy (non-hydrogen) atoms. The third-order valence-corrected chi connectivity index (χ3v) is 22.4. The quantitative estimate of drug-likeness (QED) is 0.0446. The molecule has 4 aromatic rings. The Bertz CT molecular complexity index is 3580. The third kappa shape index (κ3) is 15.8. The Morgan fingerprint density at radius 2 is 0.469 bits per heavy atom. The zero-order chi connectivity index (χ0) is 70.6. The molecule has 4 heterocycles. The number of benzene rings is 4. The topological polar surface area (TPSA) is 541 Å². The average Bonchev–Trinajstić information content (AvgIpc) is 1.30. The number of aliphatic carboxylic acids is 4. The Balaban J connectivity index is 1.54. The molecule has 5 aliphatic rings. The standard InChI is InChI=1S/C60H76N4O28S4/c65-49-33-21-34(50(66)41(49)25-61-13-1-5-45(61)57(73)74)30(10-18-94(84,85)86)36-23-38(54(70)43(52(36)68)27-63-15-3-7-47(63)59(77)78)32(12-20-96(90,91)92)40-24-39(55(71)44(56(40)72)28-64-16-4-8-48(64)60(79)80)31(11-19-95(87,88)89)37-22-35(29(33)9-17-93(81,82)83)51(67)42(53(37)69)26-62-14-2-6-46(62)58(75)76/h21-24,29-32,45-48,65-72H,1-20,25-28H2,(H,73,74)(H,75,76)(H,77,78)(H,79,80)(H,81,82,83)(H,84,85,86)(H,87,88,89)(H,90,91,92)/t29?,30?,31?,32?,45-,46-,47-,48-/m0/s1. The Morgan fingerprint density at radius 3 is 0.604 bits per heavy atom. The summed E-state index contributed by atoms with van der Waals surface area (Å²) in [6.45, 7) is -3.13. The lowest BCUT2D eigenvalue weighted by Gasteiger charge is -2.33. The fourth-order valence-corrected chi connectivity index (χ4v) is 16.9. The summed E-state index contributed by atoms with van der Waals surface area (Å²) in [5.41, 5.74) is -7.30. The number of rotatable bonds is 24. The van der Waals surface area contributed by atoms with Crippen LogP contribution in [0.4, 0.5) is 0 Å². The van der Waals surface area contributed by atoms with Gasteiger partial charge in [0.25, 0.3) is 40.5 Å². The molecule has 528 valence electrons. The number of phenols is 8. The highest BCUT2D eigenvalue weighted by Gasteiger charge is 2.43. The Morgan fingerprint density at radius 1 is 0.312 bits per heavy atom. The highest BCUT2D eigenvalue weighted by atomic mass is 32.2. The lowest BCUT2D eigenvalue weighted by molar-refractivity contribution is -0.143. The van der Waals surface area contributed by atoms with Crippen molar-refractivity contribution in [2.45, 2.75) is 151 Å². The van der Waals surface area contributed by atoms with E-state index >= 15 is 0 Å². The minimum atomic E-state index is -5.19. The zero-order valence-electron chi connectivity index (χ0n) is 51.4. The van der Waals surface area contributed by atoms with Gasteiger partial charge in [0.05, 0.1) is 45.3 Å². The minimum Gasteiger partial charge on any atom is -0.507 e. The van der Waals surface area contributed by atoms with Gasteiger partial charge in [-0.15, -0.1) is 0 Å². The summed E-state index contributed by atoms with van der Waals surface area (Å²) in [5, 5.41) is 145. The van der Waals surface area contributed by atoms with E-state index in [1.807, 2.05) is 0 Å². The number of phenolic OH excluding ortho intramolecular Hbond substituents is 8. The van der Waals surface area contributed by atoms with Crippen LogP contribution in [0.1, 0.15) is 167 Å². The number of hydrogen-bond donors (Lipinski definition) is 16. The first kappa shape index (κ1) is 72.9. The van der Waals surface area contributed by atoms with Crippen LogP contribution in [0, 0.1) is 0 Å². The van der Waals surface area contributed by atoms with Crippen LogP contribution in [0.2, 0.25) is 0 Å². The van der Waals surface area contributed by atoms with E-state index < -0.39 is 300 Å². The van der Waals surface area contributed by atoms with Gasteiger partial charge in [-0.3, -0.25) is 57.0 Å². The molecule has 4 aliphatic heterocycles. The van der Waals surface area contributed by atoms with E-state index in [0.29, 0.717) is 0 Å². The van der Waals surface area contributed by atoms with E-state index in [2.05, 4.69) is 0 Å². The van der Waals surface area contributed by atoms with E-state index in [-0.39, 0.29) is 77.5 Å². The number of fused-ring (bicyclic) bond motifs is 8. The van der Waals surface area contributed by atoms with Crippen LogP contribution in [0.15, 0.2) is 24.3 Å². The first-order valence-electron chi connectivity index (χ1n) is 30.7. The summed E-state index contributed by atoms with van der Waals surface area (Å²) in [4.78, 5) is 56.4. The van der Waals surface area contributed by atoms with E-state index in [1.165, 1.54) is 19.6 Å². The molecule has 9 rings (SSSR count). The predicted octanol–water partition coefficient (Wildman–Crippen LogP) is 3.48. The summed E-state index contributed by atoms with van der Waals surface area (Å²) in [6.07, 6.45) is -3.03. The van der Waals surface area contributed by atoms with E-state index in [1.54, 1.807) is 0 Å². The van der Waals surface area contributed by atoms with Crippen LogP contribution in [0.25, 0.3) is 0 Å². The van der Waals surface area contributed by atoms with Gasteiger partial charge in [-0.05, 0) is 127 Å². The SMILES string of the molecule is O=C(O)[C@@H]1CCCN1Cc1c(O)c2cc(c1O)C(CCS(=O)(=O)O)c1cc(c(O)c(CN3CCC[C@H]3C(=O)O)c1O)C(CCS(=O)(=O)O)c1cc(c(O)c(CN3CCC[C@H]3C(=O)O)c1O)C(CCS(=O)(=O)O)c1cc(c(O)c(CN3CCC[C@H]3C(=O)O)c1O)C2CCS(=O)(=O)O. The number of carboxylic acid groups (broad SMARTS) is 4. The maximum atomic E-state index is 13.1. The normalized spacial score (nSPS) is 23.2. The number of nitrogens with zero attached hydrogens (tertiary/aromatic N) is 4. The predicted molar refractivity (Wildman–Crippen MR) is 335 cm³/mol. The van der Waals surface area contributed by atoms with Gasteiger partial charge in [-0.1, -0.05) is 0 Å². The fraction of sp³-hybridized carbons (Fsp3) is 0.533. The van der Waals surface area contributed by atoms with Crippen molar-refractivity contribution >= 4 is 64.3 Å². The van der Waals surface area contributed by atoms with Crippen molar-refractivity contribution in [2.75, 3.05) is 49.2 Å². The molecule has 0 radical (unpaired) electrons.